The third kappa shape index (κ3) is 4.37. The van der Waals surface area contributed by atoms with Crippen molar-refractivity contribution >= 4 is 15.9 Å². The average Bonchev–Trinajstić information content (AvgIpc) is 2.41. The maximum atomic E-state index is 5.95. The number of hydrogen-bond acceptors (Lipinski definition) is 2. The largest absolute Gasteiger partial charge is 0.457 e. The van der Waals surface area contributed by atoms with Crippen LogP contribution in [0.4, 0.5) is 0 Å². The summed E-state index contributed by atoms with van der Waals surface area (Å²) in [7, 11) is 0. The molecule has 0 heterocycles. The lowest BCUT2D eigenvalue weighted by Gasteiger charge is -2.11. The molecule has 0 aliphatic heterocycles. The van der Waals surface area contributed by atoms with Crippen molar-refractivity contribution < 1.29 is 4.74 Å². The van der Waals surface area contributed by atoms with Gasteiger partial charge in [-0.05, 0) is 37.2 Å². The fraction of sp³-hybridized carbons (Fsp3) is 0.250. The van der Waals surface area contributed by atoms with Crippen LogP contribution >= 0.6 is 15.9 Å². The normalized spacial score (nSPS) is 10.4. The van der Waals surface area contributed by atoms with Crippen molar-refractivity contribution in [1.82, 2.24) is 5.32 Å². The molecule has 0 atom stereocenters. The molecule has 0 aliphatic rings. The van der Waals surface area contributed by atoms with Gasteiger partial charge in [-0.15, -0.1) is 0 Å². The Balaban J connectivity index is 2.11. The van der Waals surface area contributed by atoms with Gasteiger partial charge in [0.1, 0.15) is 11.5 Å². The van der Waals surface area contributed by atoms with Crippen molar-refractivity contribution in [3.63, 3.8) is 0 Å². The van der Waals surface area contributed by atoms with Crippen LogP contribution in [0.2, 0.25) is 0 Å². The summed E-state index contributed by atoms with van der Waals surface area (Å²) in [4.78, 5) is 0. The molecule has 0 aromatic heterocycles. The van der Waals surface area contributed by atoms with E-state index in [2.05, 4.69) is 34.2 Å². The fourth-order valence-electron chi connectivity index (χ4n) is 1.81. The molecular formula is C16H18BrNO. The first-order valence-corrected chi connectivity index (χ1v) is 7.31. The van der Waals surface area contributed by atoms with E-state index in [1.165, 1.54) is 5.56 Å². The van der Waals surface area contributed by atoms with Gasteiger partial charge in [0.2, 0.25) is 0 Å². The highest BCUT2D eigenvalue weighted by Gasteiger charge is 2.04. The van der Waals surface area contributed by atoms with Crippen molar-refractivity contribution in [3.8, 4) is 11.5 Å². The van der Waals surface area contributed by atoms with E-state index in [1.807, 2.05) is 42.5 Å². The quantitative estimate of drug-likeness (QED) is 0.776. The monoisotopic (exact) mass is 319 g/mol. The average molecular weight is 320 g/mol. The molecule has 1 N–H and O–H groups in total. The molecule has 0 amide bonds. The second kappa shape index (κ2) is 7.31. The van der Waals surface area contributed by atoms with E-state index in [-0.39, 0.29) is 0 Å². The summed E-state index contributed by atoms with van der Waals surface area (Å²) in [6.07, 6.45) is 1.13. The molecule has 0 radical (unpaired) electrons. The van der Waals surface area contributed by atoms with Gasteiger partial charge in [0, 0.05) is 16.6 Å². The summed E-state index contributed by atoms with van der Waals surface area (Å²) in [6, 6.07) is 16.0. The molecule has 2 nitrogen and oxygen atoms in total. The lowest BCUT2D eigenvalue weighted by atomic mass is 10.2. The number of benzene rings is 2. The summed E-state index contributed by atoms with van der Waals surface area (Å²) in [6.45, 7) is 4.01. The number of hydrogen-bond donors (Lipinski definition) is 1. The molecule has 0 unspecified atom stereocenters. The zero-order chi connectivity index (χ0) is 13.5. The van der Waals surface area contributed by atoms with Gasteiger partial charge >= 0.3 is 0 Å². The molecule has 2 aromatic carbocycles. The minimum Gasteiger partial charge on any atom is -0.457 e. The number of halogens is 1. The minimum atomic E-state index is 0.831. The summed E-state index contributed by atoms with van der Waals surface area (Å²) >= 11 is 3.45. The van der Waals surface area contributed by atoms with E-state index >= 15 is 0 Å². The summed E-state index contributed by atoms with van der Waals surface area (Å²) < 4.78 is 6.97. The van der Waals surface area contributed by atoms with E-state index in [1.54, 1.807) is 0 Å². The van der Waals surface area contributed by atoms with Crippen LogP contribution in [0, 0.1) is 0 Å². The Morgan fingerprint density at radius 2 is 1.95 bits per heavy atom. The van der Waals surface area contributed by atoms with Gasteiger partial charge in [-0.3, -0.25) is 0 Å². The van der Waals surface area contributed by atoms with Crippen LogP contribution in [0.25, 0.3) is 0 Å². The van der Waals surface area contributed by atoms with Gasteiger partial charge in [0.25, 0.3) is 0 Å². The van der Waals surface area contributed by atoms with Crippen LogP contribution in [0.1, 0.15) is 18.9 Å². The highest BCUT2D eigenvalue weighted by atomic mass is 79.9. The molecule has 19 heavy (non-hydrogen) atoms. The molecule has 100 valence electrons. The SMILES string of the molecule is CCCNCc1ccccc1Oc1cccc(Br)c1. The minimum absolute atomic E-state index is 0.831. The Hall–Kier alpha value is -1.32. The number of ether oxygens (including phenoxy) is 1. The summed E-state index contributed by atoms with van der Waals surface area (Å²) in [5.41, 5.74) is 1.18. The second-order valence-corrected chi connectivity index (χ2v) is 5.26. The number of rotatable bonds is 6. The van der Waals surface area contributed by atoms with Crippen LogP contribution in [0.15, 0.2) is 53.0 Å². The Morgan fingerprint density at radius 1 is 1.11 bits per heavy atom. The Labute approximate surface area is 122 Å². The molecule has 2 rings (SSSR count). The maximum Gasteiger partial charge on any atom is 0.131 e. The highest BCUT2D eigenvalue weighted by molar-refractivity contribution is 9.10. The Kier molecular flexibility index (Phi) is 5.43. The zero-order valence-corrected chi connectivity index (χ0v) is 12.6. The van der Waals surface area contributed by atoms with Gasteiger partial charge in [-0.2, -0.15) is 0 Å². The maximum absolute atomic E-state index is 5.95. The first-order valence-electron chi connectivity index (χ1n) is 6.51. The Bertz CT molecular complexity index is 528. The molecule has 0 saturated carbocycles. The van der Waals surface area contributed by atoms with Crippen LogP contribution in [0.3, 0.4) is 0 Å². The predicted molar refractivity (Wildman–Crippen MR) is 82.7 cm³/mol. The molecule has 0 spiro atoms. The van der Waals surface area contributed by atoms with Crippen molar-refractivity contribution in [1.29, 1.82) is 0 Å². The van der Waals surface area contributed by atoms with E-state index in [0.717, 1.165) is 35.5 Å². The highest BCUT2D eigenvalue weighted by Crippen LogP contribution is 2.27. The van der Waals surface area contributed by atoms with Gasteiger partial charge in [-0.1, -0.05) is 47.1 Å². The molecule has 0 aliphatic carbocycles. The third-order valence-corrected chi connectivity index (χ3v) is 3.23. The number of para-hydroxylation sites is 1. The van der Waals surface area contributed by atoms with Gasteiger partial charge in [0.15, 0.2) is 0 Å². The summed E-state index contributed by atoms with van der Waals surface area (Å²) in [5.74, 6) is 1.75. The smallest absolute Gasteiger partial charge is 0.131 e. The van der Waals surface area contributed by atoms with Gasteiger partial charge < -0.3 is 10.1 Å². The fourth-order valence-corrected chi connectivity index (χ4v) is 2.18. The summed E-state index contributed by atoms with van der Waals surface area (Å²) in [5, 5.41) is 3.40. The Morgan fingerprint density at radius 3 is 2.74 bits per heavy atom. The van der Waals surface area contributed by atoms with Crippen LogP contribution in [-0.2, 0) is 6.54 Å². The molecule has 3 heteroatoms. The predicted octanol–water partition coefficient (Wildman–Crippen LogP) is 4.74. The van der Waals surface area contributed by atoms with Gasteiger partial charge in [-0.25, -0.2) is 0 Å². The van der Waals surface area contributed by atoms with Crippen LogP contribution < -0.4 is 10.1 Å². The van der Waals surface area contributed by atoms with E-state index in [9.17, 15) is 0 Å². The molecule has 0 saturated heterocycles. The van der Waals surface area contributed by atoms with E-state index < -0.39 is 0 Å². The topological polar surface area (TPSA) is 21.3 Å². The molecule has 0 fully saturated rings. The lowest BCUT2D eigenvalue weighted by Crippen LogP contribution is -2.14. The second-order valence-electron chi connectivity index (χ2n) is 4.34. The van der Waals surface area contributed by atoms with Crippen LogP contribution in [-0.4, -0.2) is 6.54 Å². The van der Waals surface area contributed by atoms with Gasteiger partial charge in [0.05, 0.1) is 0 Å². The first kappa shape index (κ1) is 14.1. The standard InChI is InChI=1S/C16H18BrNO/c1-2-10-18-12-13-6-3-4-9-16(13)19-15-8-5-7-14(17)11-15/h3-9,11,18H,2,10,12H2,1H3. The van der Waals surface area contributed by atoms with E-state index in [4.69, 9.17) is 4.74 Å². The number of nitrogens with one attached hydrogen (secondary N) is 1. The molecule has 2 aromatic rings. The lowest BCUT2D eigenvalue weighted by molar-refractivity contribution is 0.472. The zero-order valence-electron chi connectivity index (χ0n) is 11.0. The first-order chi connectivity index (χ1) is 9.29. The van der Waals surface area contributed by atoms with Crippen molar-refractivity contribution in [2.75, 3.05) is 6.54 Å². The van der Waals surface area contributed by atoms with Crippen molar-refractivity contribution in [3.05, 3.63) is 58.6 Å². The molecule has 0 bridgehead atoms. The van der Waals surface area contributed by atoms with Crippen molar-refractivity contribution in [2.24, 2.45) is 0 Å². The third-order valence-electron chi connectivity index (χ3n) is 2.74. The van der Waals surface area contributed by atoms with E-state index in [0.29, 0.717) is 0 Å². The molecular weight excluding hydrogens is 302 g/mol. The van der Waals surface area contributed by atoms with Crippen molar-refractivity contribution in [2.45, 2.75) is 19.9 Å². The van der Waals surface area contributed by atoms with Crippen LogP contribution in [0.5, 0.6) is 11.5 Å².